The number of imidazole rings is 1. The zero-order chi connectivity index (χ0) is 21.0. The first-order valence-corrected chi connectivity index (χ1v) is 10.5. The fourth-order valence-electron chi connectivity index (χ4n) is 3.88. The highest BCUT2D eigenvalue weighted by Crippen LogP contribution is 2.18. The Morgan fingerprint density at radius 2 is 1.97 bits per heavy atom. The molecule has 2 amide bonds. The summed E-state index contributed by atoms with van der Waals surface area (Å²) in [5.41, 5.74) is 2.08. The van der Waals surface area contributed by atoms with Crippen molar-refractivity contribution in [2.24, 2.45) is 5.92 Å². The standard InChI is InChI=1S/C22H32N4O3/c1-15(2)22(29)24-18-10-13-25(14-11-20(18)27)21(28)9-6-12-26-16(3)23-17-7-4-5-8-19(17)26/h4-5,7-8,15,18,20,27H,6,9-14H2,1-3H3,(H,24,29)/t18-,20-/m0/s1. The molecule has 158 valence electrons. The average Bonchev–Trinajstić information content (AvgIpc) is 2.89. The highest BCUT2D eigenvalue weighted by molar-refractivity contribution is 5.78. The second kappa shape index (κ2) is 9.39. The number of hydrogen-bond donors (Lipinski definition) is 2. The third-order valence-electron chi connectivity index (χ3n) is 5.69. The Bertz CT molecular complexity index is 861. The molecule has 0 spiro atoms. The van der Waals surface area contributed by atoms with Gasteiger partial charge in [0.15, 0.2) is 0 Å². The molecular weight excluding hydrogens is 368 g/mol. The zero-order valence-electron chi connectivity index (χ0n) is 17.6. The molecule has 29 heavy (non-hydrogen) atoms. The SMILES string of the molecule is Cc1nc2ccccc2n1CCCC(=O)N1CC[C@H](NC(=O)C(C)C)[C@@H](O)CC1. The normalized spacial score (nSPS) is 20.1. The van der Waals surface area contributed by atoms with Crippen LogP contribution in [-0.4, -0.2) is 56.6 Å². The summed E-state index contributed by atoms with van der Waals surface area (Å²) in [6, 6.07) is 7.75. The maximum absolute atomic E-state index is 12.7. The number of para-hydroxylation sites is 2. The summed E-state index contributed by atoms with van der Waals surface area (Å²) < 4.78 is 2.16. The van der Waals surface area contributed by atoms with Crippen molar-refractivity contribution in [1.29, 1.82) is 0 Å². The molecule has 0 saturated carbocycles. The van der Waals surface area contributed by atoms with Crippen molar-refractivity contribution < 1.29 is 14.7 Å². The number of aliphatic hydroxyl groups is 1. The number of benzene rings is 1. The van der Waals surface area contributed by atoms with Crippen LogP contribution in [0.25, 0.3) is 11.0 Å². The molecule has 1 aromatic carbocycles. The number of amides is 2. The predicted molar refractivity (Wildman–Crippen MR) is 112 cm³/mol. The van der Waals surface area contributed by atoms with Gasteiger partial charge in [-0.1, -0.05) is 26.0 Å². The van der Waals surface area contributed by atoms with E-state index in [-0.39, 0.29) is 23.8 Å². The minimum Gasteiger partial charge on any atom is -0.391 e. The Morgan fingerprint density at radius 3 is 2.72 bits per heavy atom. The van der Waals surface area contributed by atoms with Gasteiger partial charge >= 0.3 is 0 Å². The maximum atomic E-state index is 12.7. The summed E-state index contributed by atoms with van der Waals surface area (Å²) in [5, 5.41) is 13.3. The molecule has 2 atom stereocenters. The quantitative estimate of drug-likeness (QED) is 0.779. The second-order valence-corrected chi connectivity index (χ2v) is 8.20. The number of aromatic nitrogens is 2. The second-order valence-electron chi connectivity index (χ2n) is 8.20. The maximum Gasteiger partial charge on any atom is 0.222 e. The van der Waals surface area contributed by atoms with E-state index in [1.165, 1.54) is 0 Å². The van der Waals surface area contributed by atoms with Crippen molar-refractivity contribution in [3.63, 3.8) is 0 Å². The van der Waals surface area contributed by atoms with E-state index in [1.807, 2.05) is 43.9 Å². The molecule has 0 unspecified atom stereocenters. The fraction of sp³-hybridized carbons (Fsp3) is 0.591. The lowest BCUT2D eigenvalue weighted by Crippen LogP contribution is -2.44. The number of aryl methyl sites for hydroxylation is 2. The van der Waals surface area contributed by atoms with Crippen molar-refractivity contribution in [3.8, 4) is 0 Å². The molecule has 1 aliphatic rings. The van der Waals surface area contributed by atoms with Crippen molar-refractivity contribution >= 4 is 22.8 Å². The van der Waals surface area contributed by atoms with E-state index < -0.39 is 6.10 Å². The molecule has 1 saturated heterocycles. The van der Waals surface area contributed by atoms with Crippen LogP contribution in [0.3, 0.4) is 0 Å². The third kappa shape index (κ3) is 5.15. The van der Waals surface area contributed by atoms with E-state index in [9.17, 15) is 14.7 Å². The van der Waals surface area contributed by atoms with E-state index in [1.54, 1.807) is 0 Å². The number of hydrogen-bond acceptors (Lipinski definition) is 4. The van der Waals surface area contributed by atoms with E-state index >= 15 is 0 Å². The topological polar surface area (TPSA) is 87.5 Å². The smallest absolute Gasteiger partial charge is 0.222 e. The first-order chi connectivity index (χ1) is 13.9. The predicted octanol–water partition coefficient (Wildman–Crippen LogP) is 2.25. The van der Waals surface area contributed by atoms with Crippen LogP contribution in [0.1, 0.15) is 45.4 Å². The minimum absolute atomic E-state index is 0.0586. The molecular formula is C22H32N4O3. The Labute approximate surface area is 172 Å². The van der Waals surface area contributed by atoms with Gasteiger partial charge in [0.05, 0.1) is 23.2 Å². The van der Waals surface area contributed by atoms with Crippen LogP contribution < -0.4 is 5.32 Å². The number of rotatable bonds is 6. The molecule has 7 nitrogen and oxygen atoms in total. The molecule has 2 heterocycles. The summed E-state index contributed by atoms with van der Waals surface area (Å²) in [5.74, 6) is 0.887. The molecule has 7 heteroatoms. The van der Waals surface area contributed by atoms with Gasteiger partial charge in [0.1, 0.15) is 5.82 Å². The monoisotopic (exact) mass is 400 g/mol. The van der Waals surface area contributed by atoms with Gasteiger partial charge in [0.2, 0.25) is 11.8 Å². The highest BCUT2D eigenvalue weighted by atomic mass is 16.3. The molecule has 0 aliphatic carbocycles. The van der Waals surface area contributed by atoms with Gasteiger partial charge in [-0.2, -0.15) is 0 Å². The number of aliphatic hydroxyl groups excluding tert-OH is 1. The molecule has 0 bridgehead atoms. The van der Waals surface area contributed by atoms with Gasteiger partial charge in [-0.3, -0.25) is 9.59 Å². The van der Waals surface area contributed by atoms with Gasteiger partial charge in [0.25, 0.3) is 0 Å². The minimum atomic E-state index is -0.615. The molecule has 0 radical (unpaired) electrons. The summed E-state index contributed by atoms with van der Waals surface area (Å²) in [7, 11) is 0. The van der Waals surface area contributed by atoms with Crippen molar-refractivity contribution in [2.45, 2.75) is 65.1 Å². The van der Waals surface area contributed by atoms with E-state index in [0.717, 1.165) is 29.8 Å². The summed E-state index contributed by atoms with van der Waals surface area (Å²) in [6.07, 6.45) is 1.66. The van der Waals surface area contributed by atoms with E-state index in [2.05, 4.69) is 20.9 Å². The zero-order valence-corrected chi connectivity index (χ0v) is 17.6. The number of nitrogens with zero attached hydrogens (tertiary/aromatic N) is 3. The third-order valence-corrected chi connectivity index (χ3v) is 5.69. The Morgan fingerprint density at radius 1 is 1.24 bits per heavy atom. The number of nitrogens with one attached hydrogen (secondary N) is 1. The van der Waals surface area contributed by atoms with Crippen molar-refractivity contribution in [2.75, 3.05) is 13.1 Å². The van der Waals surface area contributed by atoms with Gasteiger partial charge < -0.3 is 19.9 Å². The Hall–Kier alpha value is -2.41. The van der Waals surface area contributed by atoms with Crippen LogP contribution >= 0.6 is 0 Å². The highest BCUT2D eigenvalue weighted by Gasteiger charge is 2.28. The summed E-state index contributed by atoms with van der Waals surface area (Å²) in [4.78, 5) is 31.0. The Balaban J connectivity index is 1.52. The first kappa shape index (κ1) is 21.3. The number of carbonyl (C=O) groups excluding carboxylic acids is 2. The molecule has 1 fully saturated rings. The number of fused-ring (bicyclic) bond motifs is 1. The van der Waals surface area contributed by atoms with E-state index in [4.69, 9.17) is 0 Å². The summed E-state index contributed by atoms with van der Waals surface area (Å²) in [6.45, 7) is 7.50. The largest absolute Gasteiger partial charge is 0.391 e. The molecule has 2 N–H and O–H groups in total. The lowest BCUT2D eigenvalue weighted by atomic mass is 10.1. The van der Waals surface area contributed by atoms with Crippen molar-refractivity contribution in [1.82, 2.24) is 19.8 Å². The molecule has 3 rings (SSSR count). The molecule has 1 aliphatic heterocycles. The summed E-state index contributed by atoms with van der Waals surface area (Å²) >= 11 is 0. The van der Waals surface area contributed by atoms with Crippen LogP contribution in [0, 0.1) is 12.8 Å². The first-order valence-electron chi connectivity index (χ1n) is 10.5. The molecule has 2 aromatic rings. The lowest BCUT2D eigenvalue weighted by molar-refractivity contribution is -0.131. The Kier molecular flexibility index (Phi) is 6.90. The van der Waals surface area contributed by atoms with Gasteiger partial charge in [-0.05, 0) is 38.3 Å². The number of carbonyl (C=O) groups is 2. The van der Waals surface area contributed by atoms with Crippen LogP contribution in [0.4, 0.5) is 0 Å². The fourth-order valence-corrected chi connectivity index (χ4v) is 3.88. The number of likely N-dealkylation sites (tertiary alicyclic amines) is 1. The van der Waals surface area contributed by atoms with Crippen LogP contribution in [0.15, 0.2) is 24.3 Å². The van der Waals surface area contributed by atoms with Gasteiger partial charge in [-0.25, -0.2) is 4.98 Å². The van der Waals surface area contributed by atoms with Crippen LogP contribution in [0.5, 0.6) is 0 Å². The average molecular weight is 401 g/mol. The van der Waals surface area contributed by atoms with Crippen LogP contribution in [-0.2, 0) is 16.1 Å². The van der Waals surface area contributed by atoms with Crippen molar-refractivity contribution in [3.05, 3.63) is 30.1 Å². The molecule has 1 aromatic heterocycles. The van der Waals surface area contributed by atoms with Gasteiger partial charge in [-0.15, -0.1) is 0 Å². The van der Waals surface area contributed by atoms with Crippen LogP contribution in [0.2, 0.25) is 0 Å². The van der Waals surface area contributed by atoms with Gasteiger partial charge in [0, 0.05) is 32.0 Å². The lowest BCUT2D eigenvalue weighted by Gasteiger charge is -2.22. The van der Waals surface area contributed by atoms with E-state index in [0.29, 0.717) is 32.4 Å².